The van der Waals surface area contributed by atoms with E-state index in [9.17, 15) is 4.79 Å². The molecule has 3 heteroatoms. The third-order valence-electron chi connectivity index (χ3n) is 2.55. The lowest BCUT2D eigenvalue weighted by molar-refractivity contribution is -0.119. The van der Waals surface area contributed by atoms with Crippen molar-refractivity contribution in [2.24, 2.45) is 5.92 Å². The minimum Gasteiger partial charge on any atom is -0.325 e. The van der Waals surface area contributed by atoms with Crippen LogP contribution >= 0.6 is 11.6 Å². The van der Waals surface area contributed by atoms with Crippen LogP contribution in [0.2, 0.25) is 5.02 Å². The van der Waals surface area contributed by atoms with Gasteiger partial charge in [-0.15, -0.1) is 0 Å². The zero-order chi connectivity index (χ0) is 12.1. The van der Waals surface area contributed by atoms with E-state index >= 15 is 0 Å². The average molecular weight is 240 g/mol. The highest BCUT2D eigenvalue weighted by Crippen LogP contribution is 2.23. The molecule has 88 valence electrons. The van der Waals surface area contributed by atoms with E-state index in [1.54, 1.807) is 0 Å². The van der Waals surface area contributed by atoms with Gasteiger partial charge >= 0.3 is 0 Å². The van der Waals surface area contributed by atoms with Gasteiger partial charge in [0.15, 0.2) is 0 Å². The van der Waals surface area contributed by atoms with Crippen LogP contribution in [0.15, 0.2) is 18.2 Å². The fourth-order valence-corrected chi connectivity index (χ4v) is 1.82. The first-order chi connectivity index (χ1) is 7.54. The third-order valence-corrected chi connectivity index (χ3v) is 2.86. The van der Waals surface area contributed by atoms with E-state index in [4.69, 9.17) is 11.6 Å². The van der Waals surface area contributed by atoms with Gasteiger partial charge in [-0.25, -0.2) is 0 Å². The second kappa shape index (κ2) is 5.90. The molecule has 2 nitrogen and oxygen atoms in total. The maximum Gasteiger partial charge on any atom is 0.227 e. The number of benzene rings is 1. The van der Waals surface area contributed by atoms with Crippen LogP contribution in [0.1, 0.15) is 32.3 Å². The van der Waals surface area contributed by atoms with E-state index in [1.807, 2.05) is 32.0 Å². The van der Waals surface area contributed by atoms with Crippen molar-refractivity contribution in [1.82, 2.24) is 0 Å². The van der Waals surface area contributed by atoms with Crippen molar-refractivity contribution in [2.45, 2.75) is 33.6 Å². The van der Waals surface area contributed by atoms with Crippen molar-refractivity contribution in [1.29, 1.82) is 0 Å². The predicted octanol–water partition coefficient (Wildman–Crippen LogP) is 4.02. The first-order valence-corrected chi connectivity index (χ1v) is 5.99. The molecule has 0 saturated heterocycles. The molecular weight excluding hydrogens is 222 g/mol. The SMILES string of the molecule is CCCC(C)C(=O)Nc1ccc(C)cc1Cl. The number of aryl methyl sites for hydroxylation is 1. The van der Waals surface area contributed by atoms with E-state index in [0.29, 0.717) is 10.7 Å². The van der Waals surface area contributed by atoms with E-state index in [-0.39, 0.29) is 11.8 Å². The Morgan fingerprint density at radius 1 is 1.50 bits per heavy atom. The van der Waals surface area contributed by atoms with Gasteiger partial charge in [-0.3, -0.25) is 4.79 Å². The molecule has 0 aliphatic carbocycles. The Morgan fingerprint density at radius 3 is 2.75 bits per heavy atom. The Kier molecular flexibility index (Phi) is 4.81. The Hall–Kier alpha value is -1.02. The summed E-state index contributed by atoms with van der Waals surface area (Å²) in [5.41, 5.74) is 1.78. The summed E-state index contributed by atoms with van der Waals surface area (Å²) in [6.07, 6.45) is 1.91. The molecule has 0 heterocycles. The van der Waals surface area contributed by atoms with Gasteiger partial charge in [0.05, 0.1) is 10.7 Å². The monoisotopic (exact) mass is 239 g/mol. The highest BCUT2D eigenvalue weighted by molar-refractivity contribution is 6.33. The molecule has 0 aromatic heterocycles. The van der Waals surface area contributed by atoms with Crippen LogP contribution in [-0.4, -0.2) is 5.91 Å². The minimum absolute atomic E-state index is 0.0300. The van der Waals surface area contributed by atoms with E-state index in [0.717, 1.165) is 18.4 Å². The maximum atomic E-state index is 11.8. The number of rotatable bonds is 4. The lowest BCUT2D eigenvalue weighted by atomic mass is 10.1. The lowest BCUT2D eigenvalue weighted by Crippen LogP contribution is -2.20. The van der Waals surface area contributed by atoms with Crippen molar-refractivity contribution < 1.29 is 4.79 Å². The Labute approximate surface area is 102 Å². The molecule has 0 aliphatic rings. The standard InChI is InChI=1S/C13H18ClNO/c1-4-5-10(3)13(16)15-12-7-6-9(2)8-11(12)14/h6-8,10H,4-5H2,1-3H3,(H,15,16). The number of anilines is 1. The fraction of sp³-hybridized carbons (Fsp3) is 0.462. The summed E-state index contributed by atoms with van der Waals surface area (Å²) in [6, 6.07) is 5.63. The van der Waals surface area contributed by atoms with Gasteiger partial charge in [0.1, 0.15) is 0 Å². The number of hydrogen-bond acceptors (Lipinski definition) is 1. The summed E-state index contributed by atoms with van der Waals surface area (Å²) in [7, 11) is 0. The summed E-state index contributed by atoms with van der Waals surface area (Å²) in [6.45, 7) is 5.97. The zero-order valence-corrected chi connectivity index (χ0v) is 10.8. The number of carbonyl (C=O) groups is 1. The van der Waals surface area contributed by atoms with E-state index < -0.39 is 0 Å². The number of carbonyl (C=O) groups excluding carboxylic acids is 1. The largest absolute Gasteiger partial charge is 0.325 e. The molecule has 1 unspecified atom stereocenters. The molecule has 0 saturated carbocycles. The maximum absolute atomic E-state index is 11.8. The molecule has 1 N–H and O–H groups in total. The molecule has 1 rings (SSSR count). The van der Waals surface area contributed by atoms with Gasteiger partial charge in [0, 0.05) is 5.92 Å². The number of halogens is 1. The highest BCUT2D eigenvalue weighted by atomic mass is 35.5. The minimum atomic E-state index is 0.0300. The van der Waals surface area contributed by atoms with Crippen LogP contribution in [0.25, 0.3) is 0 Å². The average Bonchev–Trinajstić information content (AvgIpc) is 2.22. The summed E-state index contributed by atoms with van der Waals surface area (Å²) in [5, 5.41) is 3.45. The summed E-state index contributed by atoms with van der Waals surface area (Å²) in [5.74, 6) is 0.0648. The van der Waals surface area contributed by atoms with Crippen molar-refractivity contribution in [3.63, 3.8) is 0 Å². The van der Waals surface area contributed by atoms with Crippen LogP contribution in [0.3, 0.4) is 0 Å². The fourth-order valence-electron chi connectivity index (χ4n) is 1.54. The Balaban J connectivity index is 2.69. The van der Waals surface area contributed by atoms with Crippen molar-refractivity contribution in [3.8, 4) is 0 Å². The van der Waals surface area contributed by atoms with Crippen LogP contribution < -0.4 is 5.32 Å². The third kappa shape index (κ3) is 3.53. The molecule has 1 aromatic carbocycles. The van der Waals surface area contributed by atoms with Gasteiger partial charge in [0.2, 0.25) is 5.91 Å². The van der Waals surface area contributed by atoms with Crippen molar-refractivity contribution in [2.75, 3.05) is 5.32 Å². The van der Waals surface area contributed by atoms with Crippen LogP contribution in [0.4, 0.5) is 5.69 Å². The molecule has 0 spiro atoms. The Bertz CT molecular complexity index is 376. The molecule has 16 heavy (non-hydrogen) atoms. The molecule has 1 amide bonds. The van der Waals surface area contributed by atoms with Crippen molar-refractivity contribution in [3.05, 3.63) is 28.8 Å². The molecule has 1 atom stereocenters. The number of hydrogen-bond donors (Lipinski definition) is 1. The van der Waals surface area contributed by atoms with Crippen LogP contribution in [0.5, 0.6) is 0 Å². The number of nitrogens with one attached hydrogen (secondary N) is 1. The quantitative estimate of drug-likeness (QED) is 0.845. The van der Waals surface area contributed by atoms with Gasteiger partial charge < -0.3 is 5.32 Å². The first-order valence-electron chi connectivity index (χ1n) is 5.61. The summed E-state index contributed by atoms with van der Waals surface area (Å²) in [4.78, 5) is 11.8. The van der Waals surface area contributed by atoms with Crippen LogP contribution in [-0.2, 0) is 4.79 Å². The van der Waals surface area contributed by atoms with Gasteiger partial charge in [-0.05, 0) is 31.0 Å². The van der Waals surface area contributed by atoms with Gasteiger partial charge in [-0.1, -0.05) is 37.9 Å². The number of amides is 1. The molecule has 0 radical (unpaired) electrons. The second-order valence-electron chi connectivity index (χ2n) is 4.16. The topological polar surface area (TPSA) is 29.1 Å². The van der Waals surface area contributed by atoms with Crippen molar-refractivity contribution >= 4 is 23.2 Å². The van der Waals surface area contributed by atoms with E-state index in [1.165, 1.54) is 0 Å². The predicted molar refractivity (Wildman–Crippen MR) is 68.9 cm³/mol. The zero-order valence-electron chi connectivity index (χ0n) is 10.0. The van der Waals surface area contributed by atoms with Gasteiger partial charge in [0.25, 0.3) is 0 Å². The van der Waals surface area contributed by atoms with Gasteiger partial charge in [-0.2, -0.15) is 0 Å². The summed E-state index contributed by atoms with van der Waals surface area (Å²) < 4.78 is 0. The smallest absolute Gasteiger partial charge is 0.227 e. The molecule has 0 bridgehead atoms. The van der Waals surface area contributed by atoms with Crippen LogP contribution in [0, 0.1) is 12.8 Å². The van der Waals surface area contributed by atoms with E-state index in [2.05, 4.69) is 12.2 Å². The normalized spacial score (nSPS) is 12.2. The molecule has 0 aliphatic heterocycles. The molecular formula is C13H18ClNO. The summed E-state index contributed by atoms with van der Waals surface area (Å²) >= 11 is 6.04. The second-order valence-corrected chi connectivity index (χ2v) is 4.57. The highest BCUT2D eigenvalue weighted by Gasteiger charge is 2.12. The Morgan fingerprint density at radius 2 is 2.19 bits per heavy atom. The first kappa shape index (κ1) is 13.0. The molecule has 1 aromatic rings. The lowest BCUT2D eigenvalue weighted by Gasteiger charge is -2.12. The molecule has 0 fully saturated rings.